The average molecular weight is 304 g/mol. The van der Waals surface area contributed by atoms with E-state index in [2.05, 4.69) is 10.4 Å². The van der Waals surface area contributed by atoms with Gasteiger partial charge in [-0.1, -0.05) is 0 Å². The summed E-state index contributed by atoms with van der Waals surface area (Å²) >= 11 is 0. The van der Waals surface area contributed by atoms with Gasteiger partial charge in [-0.15, -0.1) is 0 Å². The van der Waals surface area contributed by atoms with Gasteiger partial charge in [0.15, 0.2) is 0 Å². The minimum absolute atomic E-state index is 0.174. The predicted molar refractivity (Wildman–Crippen MR) is 75.2 cm³/mol. The molecule has 1 aliphatic heterocycles. The average Bonchev–Trinajstić information content (AvgIpc) is 2.90. The second-order valence-electron chi connectivity index (χ2n) is 5.79. The van der Waals surface area contributed by atoms with Crippen molar-refractivity contribution in [1.29, 1.82) is 0 Å². The molecule has 1 fully saturated rings. The van der Waals surface area contributed by atoms with E-state index in [0.717, 1.165) is 37.3 Å². The van der Waals surface area contributed by atoms with Crippen molar-refractivity contribution in [3.8, 4) is 0 Å². The van der Waals surface area contributed by atoms with Crippen molar-refractivity contribution in [3.05, 3.63) is 17.5 Å². The maximum Gasteiger partial charge on any atom is 0.401 e. The van der Waals surface area contributed by atoms with Crippen LogP contribution in [0.5, 0.6) is 0 Å². The van der Waals surface area contributed by atoms with Crippen LogP contribution in [0.15, 0.2) is 6.07 Å². The van der Waals surface area contributed by atoms with E-state index >= 15 is 0 Å². The lowest BCUT2D eigenvalue weighted by Crippen LogP contribution is -2.37. The number of rotatable bonds is 6. The second-order valence-corrected chi connectivity index (χ2v) is 5.79. The van der Waals surface area contributed by atoms with Crippen LogP contribution in [0, 0.1) is 13.8 Å². The summed E-state index contributed by atoms with van der Waals surface area (Å²) in [4.78, 5) is 1.47. The SMILES string of the molecule is Cc1cc(C)n(CCCN[C@@H]2CCN(CC(F)(F)F)C2)n1. The first-order valence-corrected chi connectivity index (χ1v) is 7.37. The number of nitrogens with zero attached hydrogens (tertiary/aromatic N) is 3. The largest absolute Gasteiger partial charge is 0.401 e. The van der Waals surface area contributed by atoms with Crippen molar-refractivity contribution in [2.24, 2.45) is 0 Å². The molecule has 1 aromatic rings. The third kappa shape index (κ3) is 5.32. The van der Waals surface area contributed by atoms with Gasteiger partial charge in [0, 0.05) is 31.4 Å². The summed E-state index contributed by atoms with van der Waals surface area (Å²) in [5, 5.41) is 7.73. The molecule has 1 aliphatic rings. The Labute approximate surface area is 123 Å². The summed E-state index contributed by atoms with van der Waals surface area (Å²) in [6, 6.07) is 2.21. The maximum atomic E-state index is 12.3. The fraction of sp³-hybridized carbons (Fsp3) is 0.786. The number of hydrogen-bond donors (Lipinski definition) is 1. The summed E-state index contributed by atoms with van der Waals surface area (Å²) in [6.07, 6.45) is -2.38. The molecular weight excluding hydrogens is 281 g/mol. The Morgan fingerprint density at radius 1 is 1.38 bits per heavy atom. The van der Waals surface area contributed by atoms with Gasteiger partial charge < -0.3 is 5.32 Å². The molecule has 0 spiro atoms. The lowest BCUT2D eigenvalue weighted by Gasteiger charge is -2.18. The zero-order valence-corrected chi connectivity index (χ0v) is 12.6. The van der Waals surface area contributed by atoms with E-state index in [1.165, 1.54) is 4.90 Å². The molecule has 4 nitrogen and oxygen atoms in total. The Balaban J connectivity index is 1.63. The first kappa shape index (κ1) is 16.3. The number of aryl methyl sites for hydroxylation is 3. The molecule has 0 unspecified atom stereocenters. The fourth-order valence-electron chi connectivity index (χ4n) is 2.83. The molecular formula is C14H23F3N4. The molecule has 0 amide bonds. The Hall–Kier alpha value is -1.08. The molecule has 1 N–H and O–H groups in total. The molecule has 0 aliphatic carbocycles. The lowest BCUT2D eigenvalue weighted by atomic mass is 10.2. The zero-order chi connectivity index (χ0) is 15.5. The summed E-state index contributed by atoms with van der Waals surface area (Å²) in [5.41, 5.74) is 2.16. The fourth-order valence-corrected chi connectivity index (χ4v) is 2.83. The third-order valence-electron chi connectivity index (χ3n) is 3.76. The Bertz CT molecular complexity index is 456. The van der Waals surface area contributed by atoms with Crippen LogP contribution in [-0.2, 0) is 6.54 Å². The highest BCUT2D eigenvalue weighted by molar-refractivity contribution is 5.06. The number of nitrogens with one attached hydrogen (secondary N) is 1. The Morgan fingerprint density at radius 2 is 2.14 bits per heavy atom. The van der Waals surface area contributed by atoms with Crippen LogP contribution in [0.4, 0.5) is 13.2 Å². The number of likely N-dealkylation sites (tertiary alicyclic amines) is 1. The second kappa shape index (κ2) is 6.79. The van der Waals surface area contributed by atoms with Gasteiger partial charge in [-0.05, 0) is 39.3 Å². The lowest BCUT2D eigenvalue weighted by molar-refractivity contribution is -0.143. The molecule has 21 heavy (non-hydrogen) atoms. The van der Waals surface area contributed by atoms with Gasteiger partial charge >= 0.3 is 6.18 Å². The highest BCUT2D eigenvalue weighted by atomic mass is 19.4. The number of hydrogen-bond acceptors (Lipinski definition) is 3. The molecule has 1 saturated heterocycles. The molecule has 2 heterocycles. The molecule has 0 bridgehead atoms. The smallest absolute Gasteiger partial charge is 0.313 e. The molecule has 0 aromatic carbocycles. The van der Waals surface area contributed by atoms with Crippen molar-refractivity contribution in [1.82, 2.24) is 20.0 Å². The minimum Gasteiger partial charge on any atom is -0.313 e. The van der Waals surface area contributed by atoms with Crippen LogP contribution < -0.4 is 5.32 Å². The predicted octanol–water partition coefficient (Wildman–Crippen LogP) is 2.12. The molecule has 120 valence electrons. The third-order valence-corrected chi connectivity index (χ3v) is 3.76. The van der Waals surface area contributed by atoms with Crippen molar-refractivity contribution in [3.63, 3.8) is 0 Å². The van der Waals surface area contributed by atoms with E-state index in [1.807, 2.05) is 24.6 Å². The molecule has 2 rings (SSSR count). The van der Waals surface area contributed by atoms with E-state index in [0.29, 0.717) is 13.1 Å². The summed E-state index contributed by atoms with van der Waals surface area (Å²) < 4.78 is 38.9. The van der Waals surface area contributed by atoms with Crippen molar-refractivity contribution in [2.45, 2.75) is 45.5 Å². The summed E-state index contributed by atoms with van der Waals surface area (Å²) in [6.45, 7) is 5.86. The van der Waals surface area contributed by atoms with E-state index in [4.69, 9.17) is 0 Å². The van der Waals surface area contributed by atoms with Crippen molar-refractivity contribution >= 4 is 0 Å². The van der Waals surface area contributed by atoms with Gasteiger partial charge in [0.25, 0.3) is 0 Å². The zero-order valence-electron chi connectivity index (χ0n) is 12.6. The normalized spacial score (nSPS) is 20.3. The Kier molecular flexibility index (Phi) is 5.27. The van der Waals surface area contributed by atoms with E-state index in [9.17, 15) is 13.2 Å². The van der Waals surface area contributed by atoms with E-state index < -0.39 is 12.7 Å². The Morgan fingerprint density at radius 3 is 2.76 bits per heavy atom. The number of alkyl halides is 3. The van der Waals surface area contributed by atoms with Crippen molar-refractivity contribution < 1.29 is 13.2 Å². The van der Waals surface area contributed by atoms with Crippen molar-refractivity contribution in [2.75, 3.05) is 26.2 Å². The minimum atomic E-state index is -4.09. The highest BCUT2D eigenvalue weighted by Crippen LogP contribution is 2.19. The molecule has 0 radical (unpaired) electrons. The van der Waals surface area contributed by atoms with E-state index in [-0.39, 0.29) is 6.04 Å². The molecule has 1 atom stereocenters. The summed E-state index contributed by atoms with van der Waals surface area (Å²) in [5.74, 6) is 0. The monoisotopic (exact) mass is 304 g/mol. The maximum absolute atomic E-state index is 12.3. The van der Waals surface area contributed by atoms with Crippen LogP contribution in [0.3, 0.4) is 0 Å². The van der Waals surface area contributed by atoms with Gasteiger partial charge in [0.05, 0.1) is 12.2 Å². The van der Waals surface area contributed by atoms with Gasteiger partial charge in [0.1, 0.15) is 0 Å². The van der Waals surface area contributed by atoms with Gasteiger partial charge in [-0.25, -0.2) is 0 Å². The molecule has 1 aromatic heterocycles. The van der Waals surface area contributed by atoms with Gasteiger partial charge in [0.2, 0.25) is 0 Å². The topological polar surface area (TPSA) is 33.1 Å². The first-order valence-electron chi connectivity index (χ1n) is 7.37. The van der Waals surface area contributed by atoms with E-state index in [1.54, 1.807) is 0 Å². The van der Waals surface area contributed by atoms with Crippen LogP contribution in [-0.4, -0.2) is 53.1 Å². The number of aromatic nitrogens is 2. The van der Waals surface area contributed by atoms with Crippen LogP contribution in [0.25, 0.3) is 0 Å². The highest BCUT2D eigenvalue weighted by Gasteiger charge is 2.34. The number of halogens is 3. The van der Waals surface area contributed by atoms with Gasteiger partial charge in [-0.3, -0.25) is 9.58 Å². The molecule has 0 saturated carbocycles. The van der Waals surface area contributed by atoms with Crippen LogP contribution >= 0.6 is 0 Å². The summed E-state index contributed by atoms with van der Waals surface area (Å²) in [7, 11) is 0. The molecule has 7 heteroatoms. The van der Waals surface area contributed by atoms with Crippen LogP contribution in [0.1, 0.15) is 24.2 Å². The quantitative estimate of drug-likeness (QED) is 0.817. The standard InChI is InChI=1S/C14H23F3N4/c1-11-8-12(2)21(19-11)6-3-5-18-13-4-7-20(9-13)10-14(15,16)17/h8,13,18H,3-7,9-10H2,1-2H3/t13-/m1/s1. The van der Waals surface area contributed by atoms with Crippen LogP contribution in [0.2, 0.25) is 0 Å². The van der Waals surface area contributed by atoms with Gasteiger partial charge in [-0.2, -0.15) is 18.3 Å². The first-order chi connectivity index (χ1) is 9.83.